The van der Waals surface area contributed by atoms with Crippen molar-refractivity contribution in [2.24, 2.45) is 0 Å². The van der Waals surface area contributed by atoms with Gasteiger partial charge in [-0.3, -0.25) is 15.1 Å². The normalized spacial score (nSPS) is 11.7. The van der Waals surface area contributed by atoms with Crippen LogP contribution in [0.1, 0.15) is 31.9 Å². The fourth-order valence-electron chi connectivity index (χ4n) is 3.70. The lowest BCUT2D eigenvalue weighted by molar-refractivity contribution is -0.493. The van der Waals surface area contributed by atoms with Gasteiger partial charge >= 0.3 is 6.16 Å². The van der Waals surface area contributed by atoms with Crippen LogP contribution in [0.3, 0.4) is 0 Å². The zero-order valence-electron chi connectivity index (χ0n) is 25.9. The van der Waals surface area contributed by atoms with Crippen LogP contribution in [0.25, 0.3) is 0 Å². The highest BCUT2D eigenvalue weighted by Gasteiger charge is 2.23. The molecule has 3 rings (SSSR count). The summed E-state index contributed by atoms with van der Waals surface area (Å²) in [5.41, 5.74) is 1.60. The van der Waals surface area contributed by atoms with Crippen molar-refractivity contribution in [1.82, 2.24) is 15.4 Å². The van der Waals surface area contributed by atoms with E-state index in [-0.39, 0.29) is 67.4 Å². The van der Waals surface area contributed by atoms with E-state index < -0.39 is 21.6 Å². The molecule has 3 N–H and O–H groups in total. The van der Waals surface area contributed by atoms with Gasteiger partial charge in [0, 0.05) is 7.11 Å². The minimum atomic E-state index is -4.10. The molecule has 0 spiro atoms. The lowest BCUT2D eigenvalue weighted by atomic mass is 9.87. The maximum Gasteiger partial charge on any atom is 0.508 e. The van der Waals surface area contributed by atoms with E-state index in [2.05, 4.69) is 19.5 Å². The summed E-state index contributed by atoms with van der Waals surface area (Å²) in [6.07, 6.45) is 0.114. The van der Waals surface area contributed by atoms with Crippen molar-refractivity contribution in [3.8, 4) is 17.4 Å². The number of benzene rings is 2. The molecule has 252 valence electrons. The summed E-state index contributed by atoms with van der Waals surface area (Å²) in [6.45, 7) is 5.73. The molecular weight excluding hydrogens is 628 g/mol. The molecule has 46 heavy (non-hydrogen) atoms. The highest BCUT2D eigenvalue weighted by Crippen LogP contribution is 2.37. The first-order valence-electron chi connectivity index (χ1n) is 13.9. The molecule has 0 bridgehead atoms. The van der Waals surface area contributed by atoms with E-state index in [1.807, 2.05) is 26.8 Å². The molecule has 2 aromatic carbocycles. The van der Waals surface area contributed by atoms with Crippen LogP contribution in [-0.4, -0.2) is 87.1 Å². The summed E-state index contributed by atoms with van der Waals surface area (Å²) in [5, 5.41) is 16.4. The number of carbonyl (C=O) groups excluding carboxylic acids is 1. The summed E-state index contributed by atoms with van der Waals surface area (Å²) < 4.78 is 61.0. The Morgan fingerprint density at radius 2 is 1.63 bits per heavy atom. The third-order valence-corrected chi connectivity index (χ3v) is 7.24. The van der Waals surface area contributed by atoms with E-state index in [1.165, 1.54) is 12.1 Å². The average Bonchev–Trinajstić information content (AvgIpc) is 3.00. The minimum absolute atomic E-state index is 0.0124. The number of methoxy groups -OCH3 is 1. The van der Waals surface area contributed by atoms with Crippen LogP contribution < -0.4 is 14.2 Å². The van der Waals surface area contributed by atoms with E-state index in [4.69, 9.17) is 38.8 Å². The third-order valence-electron chi connectivity index (χ3n) is 5.89. The number of nitrogens with one attached hydrogen (secondary N) is 1. The van der Waals surface area contributed by atoms with Gasteiger partial charge in [-0.1, -0.05) is 45.0 Å². The van der Waals surface area contributed by atoms with Gasteiger partial charge in [-0.2, -0.15) is 4.98 Å². The van der Waals surface area contributed by atoms with E-state index in [0.29, 0.717) is 12.4 Å². The summed E-state index contributed by atoms with van der Waals surface area (Å²) >= 11 is 0. The quantitative estimate of drug-likeness (QED) is 0.0997. The number of anilines is 1. The highest BCUT2D eigenvalue weighted by molar-refractivity contribution is 7.92. The number of aromatic nitrogens is 2. The van der Waals surface area contributed by atoms with Gasteiger partial charge in [0.15, 0.2) is 5.82 Å². The fraction of sp³-hybridized carbons (Fsp3) is 0.414. The summed E-state index contributed by atoms with van der Waals surface area (Å²) in [7, 11) is -2.55. The second-order valence-corrected chi connectivity index (χ2v) is 12.1. The molecule has 0 aliphatic heterocycles. The van der Waals surface area contributed by atoms with E-state index in [1.54, 1.807) is 37.4 Å². The molecule has 0 saturated carbocycles. The molecule has 17 heteroatoms. The van der Waals surface area contributed by atoms with E-state index in [0.717, 1.165) is 17.5 Å². The van der Waals surface area contributed by atoms with Crippen LogP contribution in [0, 0.1) is 0 Å². The lowest BCUT2D eigenvalue weighted by Crippen LogP contribution is -2.19. The van der Waals surface area contributed by atoms with Crippen LogP contribution in [0.2, 0.25) is 0 Å². The van der Waals surface area contributed by atoms with Crippen LogP contribution in [0.5, 0.6) is 17.4 Å². The molecule has 3 aromatic rings. The van der Waals surface area contributed by atoms with Crippen molar-refractivity contribution in [3.05, 3.63) is 66.0 Å². The van der Waals surface area contributed by atoms with Crippen LogP contribution in [0.15, 0.2) is 59.8 Å². The number of carbonyl (C=O) groups is 1. The molecule has 16 nitrogen and oxygen atoms in total. The van der Waals surface area contributed by atoms with Gasteiger partial charge in [-0.05, 0) is 40.8 Å². The van der Waals surface area contributed by atoms with Gasteiger partial charge in [-0.25, -0.2) is 23.0 Å². The second-order valence-electron chi connectivity index (χ2n) is 10.4. The van der Waals surface area contributed by atoms with Gasteiger partial charge in [0.25, 0.3) is 15.9 Å². The van der Waals surface area contributed by atoms with Gasteiger partial charge in [0.05, 0.1) is 36.7 Å². The Morgan fingerprint density at radius 1 is 0.935 bits per heavy atom. The van der Waals surface area contributed by atoms with E-state index in [9.17, 15) is 13.2 Å². The fourth-order valence-corrected chi connectivity index (χ4v) is 4.71. The maximum atomic E-state index is 13.3. The van der Waals surface area contributed by atoms with Crippen molar-refractivity contribution in [3.63, 3.8) is 0 Å². The maximum absolute atomic E-state index is 13.3. The number of hydrogen-bond acceptors (Lipinski definition) is 15. The Labute approximate surface area is 266 Å². The summed E-state index contributed by atoms with van der Waals surface area (Å²) in [6, 6.07) is 13.4. The lowest BCUT2D eigenvalue weighted by Gasteiger charge is -2.19. The van der Waals surface area contributed by atoms with Crippen molar-refractivity contribution < 1.29 is 56.9 Å². The molecule has 0 amide bonds. The molecule has 0 aliphatic carbocycles. The average molecular weight is 667 g/mol. The summed E-state index contributed by atoms with van der Waals surface area (Å²) in [4.78, 5) is 24.4. The van der Waals surface area contributed by atoms with Crippen LogP contribution >= 0.6 is 0 Å². The predicted molar refractivity (Wildman–Crippen MR) is 160 cm³/mol. The molecule has 1 aromatic heterocycles. The topological polar surface area (TPSA) is 197 Å². The zero-order valence-corrected chi connectivity index (χ0v) is 26.7. The molecule has 0 saturated heterocycles. The Kier molecular flexibility index (Phi) is 13.9. The predicted octanol–water partition coefficient (Wildman–Crippen LogP) is 4.07. The van der Waals surface area contributed by atoms with Crippen LogP contribution in [0.4, 0.5) is 10.6 Å². The molecule has 0 unspecified atom stereocenters. The van der Waals surface area contributed by atoms with Crippen molar-refractivity contribution in [1.29, 1.82) is 0 Å². The van der Waals surface area contributed by atoms with Crippen molar-refractivity contribution in [2.75, 3.05) is 51.5 Å². The van der Waals surface area contributed by atoms with Crippen LogP contribution in [-0.2, 0) is 45.8 Å². The molecule has 0 fully saturated rings. The van der Waals surface area contributed by atoms with Crippen molar-refractivity contribution in [2.45, 2.75) is 37.7 Å². The Balaban J connectivity index is 1.69. The van der Waals surface area contributed by atoms with Gasteiger partial charge in [0.1, 0.15) is 31.9 Å². The Bertz CT molecular complexity index is 1500. The van der Waals surface area contributed by atoms with Gasteiger partial charge in [0.2, 0.25) is 5.75 Å². The SMILES string of the molecule is COCc1cccc(Oc2c(NS(=O)(=O)c3ccc(C(C)(C)C)cc3)ncnc2OCCOC(=O)OCCOCCON(O)O)c1. The van der Waals surface area contributed by atoms with Gasteiger partial charge in [-0.15, -0.1) is 0 Å². The Hall–Kier alpha value is -4.10. The largest absolute Gasteiger partial charge is 0.508 e. The minimum Gasteiger partial charge on any atom is -0.471 e. The molecule has 0 aliphatic rings. The highest BCUT2D eigenvalue weighted by atomic mass is 32.2. The monoisotopic (exact) mass is 666 g/mol. The standard InChI is InChI=1S/C29H38N4O12S/c1-29(2,3)22-8-10-24(11-9-22)46(37,38)32-26-25(45-23-7-5-6-21(18-23)19-39-4)27(31-20-30-26)41-15-16-43-28(34)42-14-12-40-13-17-44-33(35)36/h5-11,18,20,35-36H,12-17,19H2,1-4H3,(H,30,31,32). The number of hydrogen-bond donors (Lipinski definition) is 3. The van der Waals surface area contributed by atoms with E-state index >= 15 is 0 Å². The first-order valence-corrected chi connectivity index (χ1v) is 15.4. The number of nitrogens with zero attached hydrogens (tertiary/aromatic N) is 3. The first kappa shape index (κ1) is 36.4. The molecule has 0 radical (unpaired) electrons. The number of rotatable bonds is 18. The smallest absolute Gasteiger partial charge is 0.471 e. The number of sulfonamides is 1. The molecule has 1 heterocycles. The van der Waals surface area contributed by atoms with Gasteiger partial charge < -0.3 is 28.4 Å². The summed E-state index contributed by atoms with van der Waals surface area (Å²) in [5.74, 6) is -0.0905. The third kappa shape index (κ3) is 12.0. The van der Waals surface area contributed by atoms with Crippen molar-refractivity contribution >= 4 is 22.0 Å². The number of ether oxygens (including phenoxy) is 6. The zero-order chi connectivity index (χ0) is 33.6. The molecular formula is C29H38N4O12S. The second kappa shape index (κ2) is 17.6. The first-order chi connectivity index (χ1) is 21.9. The Morgan fingerprint density at radius 3 is 2.30 bits per heavy atom. The molecule has 0 atom stereocenters.